The molecular formula is C16H15FeN-6. The van der Waals surface area contributed by atoms with Gasteiger partial charge in [0.25, 0.3) is 0 Å². The van der Waals surface area contributed by atoms with Crippen LogP contribution in [-0.4, -0.2) is 0 Å². The number of rotatable bonds is 1. The van der Waals surface area contributed by atoms with E-state index in [2.05, 4.69) is 12.1 Å². The van der Waals surface area contributed by atoms with E-state index in [4.69, 9.17) is 5.73 Å². The quantitative estimate of drug-likeness (QED) is 0.405. The summed E-state index contributed by atoms with van der Waals surface area (Å²) in [6, 6.07) is 26.0. The van der Waals surface area contributed by atoms with Gasteiger partial charge >= 0.3 is 0 Å². The van der Waals surface area contributed by atoms with E-state index in [-0.39, 0.29) is 17.1 Å². The minimum absolute atomic E-state index is 0. The van der Waals surface area contributed by atoms with Crippen molar-refractivity contribution in [1.29, 1.82) is 0 Å². The molecule has 0 atom stereocenters. The molecule has 2 N–H and O–H groups in total. The summed E-state index contributed by atoms with van der Waals surface area (Å²) in [5.74, 6) is 0. The standard InChI is InChI=1S/C11H10N.C5H5.Fe/c12-11-8-4-3-7-10(11)9-5-1-2-6-9;1-2-4-5-3-1;/h1-8H,12H2;1-5H;/q-1;-5;. The summed E-state index contributed by atoms with van der Waals surface area (Å²) in [7, 11) is 0. The van der Waals surface area contributed by atoms with Crippen molar-refractivity contribution in [1.82, 2.24) is 0 Å². The zero-order chi connectivity index (χ0) is 11.9. The van der Waals surface area contributed by atoms with Gasteiger partial charge in [-0.3, -0.25) is 0 Å². The van der Waals surface area contributed by atoms with E-state index < -0.39 is 0 Å². The molecule has 0 aromatic heterocycles. The van der Waals surface area contributed by atoms with E-state index in [0.29, 0.717) is 0 Å². The third kappa shape index (κ3) is 3.92. The van der Waals surface area contributed by atoms with E-state index in [0.717, 1.165) is 11.3 Å². The molecule has 0 unspecified atom stereocenters. The van der Waals surface area contributed by atoms with Crippen LogP contribution in [0.1, 0.15) is 0 Å². The van der Waals surface area contributed by atoms with Gasteiger partial charge in [-0.25, -0.2) is 0 Å². The van der Waals surface area contributed by atoms with Crippen LogP contribution in [0.15, 0.2) is 78.9 Å². The van der Waals surface area contributed by atoms with Crippen LogP contribution in [0.4, 0.5) is 5.69 Å². The molecule has 1 nitrogen and oxygen atoms in total. The van der Waals surface area contributed by atoms with Gasteiger partial charge in [0.05, 0.1) is 0 Å². The number of para-hydroxylation sites is 1. The molecule has 0 heterocycles. The van der Waals surface area contributed by atoms with Crippen molar-refractivity contribution in [2.24, 2.45) is 0 Å². The average molecular weight is 277 g/mol. The fourth-order valence-corrected chi connectivity index (χ4v) is 1.63. The van der Waals surface area contributed by atoms with Crippen LogP contribution >= 0.6 is 0 Å². The molecule has 0 aliphatic rings. The summed E-state index contributed by atoms with van der Waals surface area (Å²) in [6.07, 6.45) is 0. The maximum absolute atomic E-state index is 5.81. The molecule has 0 bridgehead atoms. The Morgan fingerprint density at radius 1 is 0.778 bits per heavy atom. The van der Waals surface area contributed by atoms with Gasteiger partial charge in [-0.15, -0.1) is 18.2 Å². The summed E-state index contributed by atoms with van der Waals surface area (Å²) in [4.78, 5) is 0. The van der Waals surface area contributed by atoms with Crippen LogP contribution in [0.3, 0.4) is 0 Å². The predicted molar refractivity (Wildman–Crippen MR) is 73.9 cm³/mol. The first-order chi connectivity index (χ1) is 8.38. The molecule has 3 aromatic rings. The van der Waals surface area contributed by atoms with Crippen LogP contribution in [-0.2, 0) is 17.1 Å². The minimum atomic E-state index is 0. The van der Waals surface area contributed by atoms with Crippen molar-refractivity contribution in [2.75, 3.05) is 5.73 Å². The Balaban J connectivity index is 0.000000230. The molecule has 0 aliphatic heterocycles. The van der Waals surface area contributed by atoms with E-state index in [1.807, 2.05) is 66.7 Å². The fraction of sp³-hybridized carbons (Fsp3) is 0. The molecule has 3 rings (SSSR count). The summed E-state index contributed by atoms with van der Waals surface area (Å²) >= 11 is 0. The third-order valence-corrected chi connectivity index (χ3v) is 2.49. The predicted octanol–water partition coefficient (Wildman–Crippen LogP) is 4.06. The Bertz CT molecular complexity index is 507. The Kier molecular flexibility index (Phi) is 5.99. The third-order valence-electron chi connectivity index (χ3n) is 2.49. The van der Waals surface area contributed by atoms with Crippen molar-refractivity contribution in [3.63, 3.8) is 0 Å². The van der Waals surface area contributed by atoms with Gasteiger partial charge < -0.3 is 36.1 Å². The summed E-state index contributed by atoms with van der Waals surface area (Å²) in [5.41, 5.74) is 8.95. The van der Waals surface area contributed by atoms with Gasteiger partial charge in [0.2, 0.25) is 0 Å². The van der Waals surface area contributed by atoms with E-state index >= 15 is 0 Å². The van der Waals surface area contributed by atoms with Crippen LogP contribution in [0.2, 0.25) is 0 Å². The second-order valence-corrected chi connectivity index (χ2v) is 3.72. The Labute approximate surface area is 118 Å². The molecule has 2 heteroatoms. The zero-order valence-electron chi connectivity index (χ0n) is 9.94. The first-order valence-electron chi connectivity index (χ1n) is 5.61. The van der Waals surface area contributed by atoms with Crippen LogP contribution in [0.25, 0.3) is 11.1 Å². The molecule has 18 heavy (non-hydrogen) atoms. The molecule has 0 aliphatic carbocycles. The van der Waals surface area contributed by atoms with E-state index in [1.54, 1.807) is 0 Å². The Morgan fingerprint density at radius 2 is 1.28 bits per heavy atom. The number of hydrogen-bond donors (Lipinski definition) is 1. The molecule has 0 spiro atoms. The van der Waals surface area contributed by atoms with Gasteiger partial charge in [-0.2, -0.15) is 12.1 Å². The Morgan fingerprint density at radius 3 is 1.78 bits per heavy atom. The number of hydrogen-bond acceptors (Lipinski definition) is 1. The summed E-state index contributed by atoms with van der Waals surface area (Å²) in [6.45, 7) is 0. The van der Waals surface area contributed by atoms with Crippen molar-refractivity contribution in [3.8, 4) is 11.1 Å². The van der Waals surface area contributed by atoms with Gasteiger partial charge in [0.15, 0.2) is 0 Å². The number of benzene rings is 1. The molecule has 0 amide bonds. The fourth-order valence-electron chi connectivity index (χ4n) is 1.63. The largest absolute Gasteiger partial charge is 0.748 e. The van der Waals surface area contributed by atoms with Crippen LogP contribution < -0.4 is 5.73 Å². The second-order valence-electron chi connectivity index (χ2n) is 3.72. The maximum atomic E-state index is 5.81. The molecule has 98 valence electrons. The monoisotopic (exact) mass is 277 g/mol. The van der Waals surface area contributed by atoms with Gasteiger partial charge in [0.1, 0.15) is 0 Å². The smallest absolute Gasteiger partial charge is 0 e. The topological polar surface area (TPSA) is 26.0 Å². The number of nitrogen functional groups attached to an aromatic ring is 1. The van der Waals surface area contributed by atoms with Gasteiger partial charge in [0, 0.05) is 17.1 Å². The molecule has 0 saturated carbocycles. The van der Waals surface area contributed by atoms with Crippen LogP contribution in [0, 0.1) is 0 Å². The first-order valence-corrected chi connectivity index (χ1v) is 5.61. The molecule has 0 fully saturated rings. The van der Waals surface area contributed by atoms with Gasteiger partial charge in [-0.05, 0) is 5.69 Å². The van der Waals surface area contributed by atoms with Crippen molar-refractivity contribution in [2.45, 2.75) is 0 Å². The molecule has 0 saturated heterocycles. The first kappa shape index (κ1) is 14.3. The molecule has 0 radical (unpaired) electrons. The number of anilines is 1. The van der Waals surface area contributed by atoms with E-state index in [1.165, 1.54) is 5.56 Å². The summed E-state index contributed by atoms with van der Waals surface area (Å²) in [5, 5.41) is 0. The van der Waals surface area contributed by atoms with Crippen molar-refractivity contribution in [3.05, 3.63) is 78.9 Å². The van der Waals surface area contributed by atoms with Crippen LogP contribution in [0.5, 0.6) is 0 Å². The maximum Gasteiger partial charge on any atom is 0 e. The average Bonchev–Trinajstić information content (AvgIpc) is 3.06. The van der Waals surface area contributed by atoms with Crippen molar-refractivity contribution >= 4 is 5.69 Å². The molecule has 3 aromatic carbocycles. The Hall–Kier alpha value is -1.76. The minimum Gasteiger partial charge on any atom is -0.748 e. The normalized spacial score (nSPS) is 8.89. The second kappa shape index (κ2) is 7.54. The van der Waals surface area contributed by atoms with Gasteiger partial charge in [-0.1, -0.05) is 29.3 Å². The molecular weight excluding hydrogens is 262 g/mol. The summed E-state index contributed by atoms with van der Waals surface area (Å²) < 4.78 is 0. The van der Waals surface area contributed by atoms with Crippen molar-refractivity contribution < 1.29 is 17.1 Å². The SMILES string of the molecule is Nc1ccccc1-[c-]1cccc1.[Fe].[cH-]1[cH-][cH-][cH-][cH-]1. The zero-order valence-corrected chi connectivity index (χ0v) is 11.0. The number of nitrogens with two attached hydrogens (primary N) is 1. The van der Waals surface area contributed by atoms with E-state index in [9.17, 15) is 0 Å².